The van der Waals surface area contributed by atoms with Gasteiger partial charge in [-0.2, -0.15) is 5.10 Å². The molecule has 1 heterocycles. The van der Waals surface area contributed by atoms with Crippen LogP contribution in [-0.4, -0.2) is 22.4 Å². The summed E-state index contributed by atoms with van der Waals surface area (Å²) in [5.41, 5.74) is 3.98. The number of aryl methyl sites for hydroxylation is 2. The lowest BCUT2D eigenvalue weighted by molar-refractivity contribution is 0.631. The van der Waals surface area contributed by atoms with Crippen LogP contribution in [0.25, 0.3) is 0 Å². The summed E-state index contributed by atoms with van der Waals surface area (Å²) >= 11 is 0. The Hall–Kier alpha value is -0.830. The molecule has 1 N–H and O–H groups in total. The normalized spacial score (nSPS) is 15.9. The van der Waals surface area contributed by atoms with E-state index in [1.54, 1.807) is 0 Å². The first-order chi connectivity index (χ1) is 7.22. The van der Waals surface area contributed by atoms with E-state index in [9.17, 15) is 0 Å². The van der Waals surface area contributed by atoms with Crippen molar-refractivity contribution < 1.29 is 0 Å². The fourth-order valence-corrected chi connectivity index (χ4v) is 2.09. The van der Waals surface area contributed by atoms with Crippen LogP contribution in [0, 0.1) is 13.8 Å². The third-order valence-corrected chi connectivity index (χ3v) is 3.22. The number of rotatable bonds is 5. The van der Waals surface area contributed by atoms with Crippen LogP contribution in [0.4, 0.5) is 0 Å². The molecule has 0 aliphatic heterocycles. The molecular weight excluding hydrogens is 186 g/mol. The van der Waals surface area contributed by atoms with Crippen LogP contribution >= 0.6 is 0 Å². The minimum Gasteiger partial charge on any atom is -0.314 e. The smallest absolute Gasteiger partial charge is 0.0628 e. The summed E-state index contributed by atoms with van der Waals surface area (Å²) in [5, 5.41) is 8.08. The SMILES string of the molecule is CCn1nc(C)c(CCNC2CC2)c1C. The monoisotopic (exact) mass is 207 g/mol. The summed E-state index contributed by atoms with van der Waals surface area (Å²) in [5.74, 6) is 0. The number of nitrogens with zero attached hydrogens (tertiary/aromatic N) is 2. The summed E-state index contributed by atoms with van der Waals surface area (Å²) in [6, 6.07) is 0.812. The summed E-state index contributed by atoms with van der Waals surface area (Å²) in [7, 11) is 0. The van der Waals surface area contributed by atoms with Gasteiger partial charge in [-0.05, 0) is 52.1 Å². The molecule has 0 radical (unpaired) electrons. The molecule has 1 fully saturated rings. The second-order valence-corrected chi connectivity index (χ2v) is 4.44. The third kappa shape index (κ3) is 2.40. The van der Waals surface area contributed by atoms with Gasteiger partial charge in [0.25, 0.3) is 0 Å². The average Bonchev–Trinajstić information content (AvgIpc) is 2.99. The van der Waals surface area contributed by atoms with Crippen LogP contribution in [0.3, 0.4) is 0 Å². The number of nitrogens with one attached hydrogen (secondary N) is 1. The van der Waals surface area contributed by atoms with Gasteiger partial charge in [0, 0.05) is 18.3 Å². The van der Waals surface area contributed by atoms with Crippen molar-refractivity contribution in [3.8, 4) is 0 Å². The molecule has 84 valence electrons. The Labute approximate surface area is 91.9 Å². The highest BCUT2D eigenvalue weighted by Crippen LogP contribution is 2.19. The summed E-state index contributed by atoms with van der Waals surface area (Å²) in [6.07, 6.45) is 3.85. The van der Waals surface area contributed by atoms with Gasteiger partial charge < -0.3 is 5.32 Å². The Bertz CT molecular complexity index is 337. The van der Waals surface area contributed by atoms with Crippen molar-refractivity contribution in [3.05, 3.63) is 17.0 Å². The molecule has 1 saturated carbocycles. The third-order valence-electron chi connectivity index (χ3n) is 3.22. The maximum absolute atomic E-state index is 4.53. The minimum atomic E-state index is 0.812. The van der Waals surface area contributed by atoms with Crippen molar-refractivity contribution in [1.82, 2.24) is 15.1 Å². The zero-order chi connectivity index (χ0) is 10.8. The lowest BCUT2D eigenvalue weighted by Gasteiger charge is -2.04. The van der Waals surface area contributed by atoms with Crippen molar-refractivity contribution in [1.29, 1.82) is 0 Å². The van der Waals surface area contributed by atoms with Crippen LogP contribution in [0.1, 0.15) is 36.7 Å². The first-order valence-electron chi connectivity index (χ1n) is 5.98. The van der Waals surface area contributed by atoms with Gasteiger partial charge in [0.2, 0.25) is 0 Å². The molecule has 2 rings (SSSR count). The largest absolute Gasteiger partial charge is 0.314 e. The molecule has 1 aliphatic rings. The standard InChI is InChI=1S/C12H21N3/c1-4-15-10(3)12(9(2)14-15)7-8-13-11-5-6-11/h11,13H,4-8H2,1-3H3. The van der Waals surface area contributed by atoms with Gasteiger partial charge in [-0.1, -0.05) is 0 Å². The predicted molar refractivity (Wildman–Crippen MR) is 62.1 cm³/mol. The highest BCUT2D eigenvalue weighted by Gasteiger charge is 2.20. The molecule has 0 saturated heterocycles. The van der Waals surface area contributed by atoms with Crippen LogP contribution in [-0.2, 0) is 13.0 Å². The molecule has 1 aromatic heterocycles. The highest BCUT2D eigenvalue weighted by molar-refractivity contribution is 5.24. The van der Waals surface area contributed by atoms with Crippen LogP contribution in [0.5, 0.6) is 0 Å². The van der Waals surface area contributed by atoms with E-state index in [1.165, 1.54) is 29.8 Å². The fraction of sp³-hybridized carbons (Fsp3) is 0.750. The van der Waals surface area contributed by atoms with Gasteiger partial charge in [-0.15, -0.1) is 0 Å². The van der Waals surface area contributed by atoms with Gasteiger partial charge in [0.15, 0.2) is 0 Å². The molecule has 0 amide bonds. The zero-order valence-corrected chi connectivity index (χ0v) is 10.0. The minimum absolute atomic E-state index is 0.812. The number of hydrogen-bond donors (Lipinski definition) is 1. The summed E-state index contributed by atoms with van der Waals surface area (Å²) in [6.45, 7) is 8.51. The molecule has 15 heavy (non-hydrogen) atoms. The van der Waals surface area contributed by atoms with E-state index in [0.717, 1.165) is 25.6 Å². The molecule has 0 atom stereocenters. The van der Waals surface area contributed by atoms with Crippen molar-refractivity contribution in [2.45, 2.75) is 52.6 Å². The molecule has 3 nitrogen and oxygen atoms in total. The van der Waals surface area contributed by atoms with Crippen molar-refractivity contribution in [3.63, 3.8) is 0 Å². The van der Waals surface area contributed by atoms with E-state index < -0.39 is 0 Å². The maximum Gasteiger partial charge on any atom is 0.0628 e. The highest BCUT2D eigenvalue weighted by atomic mass is 15.3. The Morgan fingerprint density at radius 2 is 2.13 bits per heavy atom. The first kappa shape index (κ1) is 10.7. The van der Waals surface area contributed by atoms with Gasteiger partial charge in [-0.3, -0.25) is 4.68 Å². The fourth-order valence-electron chi connectivity index (χ4n) is 2.09. The van der Waals surface area contributed by atoms with Crippen molar-refractivity contribution in [2.75, 3.05) is 6.54 Å². The van der Waals surface area contributed by atoms with Gasteiger partial charge in [0.1, 0.15) is 0 Å². The molecule has 1 aliphatic carbocycles. The second kappa shape index (κ2) is 4.35. The molecule has 0 spiro atoms. The molecule has 3 heteroatoms. The Morgan fingerprint density at radius 3 is 2.67 bits per heavy atom. The molecular formula is C12H21N3. The van der Waals surface area contributed by atoms with E-state index in [4.69, 9.17) is 0 Å². The van der Waals surface area contributed by atoms with E-state index in [2.05, 4.69) is 35.9 Å². The maximum atomic E-state index is 4.53. The molecule has 0 bridgehead atoms. The van der Waals surface area contributed by atoms with Gasteiger partial charge in [-0.25, -0.2) is 0 Å². The molecule has 1 aromatic rings. The predicted octanol–water partition coefficient (Wildman–Crippen LogP) is 1.81. The number of hydrogen-bond acceptors (Lipinski definition) is 2. The Morgan fingerprint density at radius 1 is 1.40 bits per heavy atom. The van der Waals surface area contributed by atoms with Crippen LogP contribution in [0.2, 0.25) is 0 Å². The average molecular weight is 207 g/mol. The van der Waals surface area contributed by atoms with Crippen molar-refractivity contribution >= 4 is 0 Å². The Kier molecular flexibility index (Phi) is 3.10. The van der Waals surface area contributed by atoms with Crippen molar-refractivity contribution in [2.24, 2.45) is 0 Å². The molecule has 0 unspecified atom stereocenters. The quantitative estimate of drug-likeness (QED) is 0.798. The second-order valence-electron chi connectivity index (χ2n) is 4.44. The van der Waals surface area contributed by atoms with E-state index in [-0.39, 0.29) is 0 Å². The van der Waals surface area contributed by atoms with Crippen LogP contribution < -0.4 is 5.32 Å². The van der Waals surface area contributed by atoms with Gasteiger partial charge in [0.05, 0.1) is 5.69 Å². The topological polar surface area (TPSA) is 29.9 Å². The first-order valence-corrected chi connectivity index (χ1v) is 5.98. The molecule has 0 aromatic carbocycles. The van der Waals surface area contributed by atoms with Gasteiger partial charge >= 0.3 is 0 Å². The summed E-state index contributed by atoms with van der Waals surface area (Å²) in [4.78, 5) is 0. The van der Waals surface area contributed by atoms with E-state index >= 15 is 0 Å². The lowest BCUT2D eigenvalue weighted by atomic mass is 10.1. The number of aromatic nitrogens is 2. The zero-order valence-electron chi connectivity index (χ0n) is 10.0. The van der Waals surface area contributed by atoms with Crippen LogP contribution in [0.15, 0.2) is 0 Å². The van der Waals surface area contributed by atoms with E-state index in [1.807, 2.05) is 0 Å². The summed E-state index contributed by atoms with van der Waals surface area (Å²) < 4.78 is 2.10. The van der Waals surface area contributed by atoms with E-state index in [0.29, 0.717) is 0 Å². The Balaban J connectivity index is 1.95. The lowest BCUT2D eigenvalue weighted by Crippen LogP contribution is -2.19.